The molecule has 0 heterocycles. The van der Waals surface area contributed by atoms with E-state index in [0.717, 1.165) is 102 Å². The number of phosphoric ester groups is 2. The van der Waals surface area contributed by atoms with Gasteiger partial charge in [-0.1, -0.05) is 414 Å². The lowest BCUT2D eigenvalue weighted by Crippen LogP contribution is -2.30. The maximum Gasteiger partial charge on any atom is 0.472 e. The van der Waals surface area contributed by atoms with Gasteiger partial charge in [0.05, 0.1) is 26.4 Å². The Hall–Kier alpha value is -1.94. The lowest BCUT2D eigenvalue weighted by Gasteiger charge is -2.21. The quantitative estimate of drug-likeness (QED) is 0.0222. The fraction of sp³-hybridized carbons (Fsp3) is 0.954. The van der Waals surface area contributed by atoms with E-state index in [2.05, 4.69) is 41.5 Å². The highest BCUT2D eigenvalue weighted by Crippen LogP contribution is 2.45. The number of aliphatic hydroxyl groups excluding tert-OH is 1. The Morgan fingerprint density at radius 1 is 0.255 bits per heavy atom. The van der Waals surface area contributed by atoms with Crippen LogP contribution in [0.1, 0.15) is 465 Å². The molecule has 0 saturated carbocycles. The van der Waals surface area contributed by atoms with Crippen LogP contribution in [-0.2, 0) is 65.4 Å². The molecule has 106 heavy (non-hydrogen) atoms. The molecule has 0 aliphatic carbocycles. The van der Waals surface area contributed by atoms with Crippen molar-refractivity contribution in [1.29, 1.82) is 0 Å². The first-order valence-corrected chi connectivity index (χ1v) is 48.0. The SMILES string of the molecule is CCCCCCCCCCCCCCCCCCCCCCCC(=O)O[C@H](COC(=O)CCCCCCCCCCCCCCCCCC(C)C)COP(=O)(O)OC[C@@H](O)COP(=O)(O)OC[C@@H](COC(=O)CCCCCCCCCCCCCC)OC(=O)CCCCCCCCCCCCCCC(C)C. The van der Waals surface area contributed by atoms with E-state index in [1.165, 1.54) is 283 Å². The van der Waals surface area contributed by atoms with Crippen LogP contribution in [0.25, 0.3) is 0 Å². The predicted octanol–water partition coefficient (Wildman–Crippen LogP) is 26.6. The molecule has 5 atom stereocenters. The largest absolute Gasteiger partial charge is 0.472 e. The maximum atomic E-state index is 13.2. The van der Waals surface area contributed by atoms with Crippen LogP contribution >= 0.6 is 15.6 Å². The highest BCUT2D eigenvalue weighted by Gasteiger charge is 2.30. The number of hydrogen-bond acceptors (Lipinski definition) is 15. The van der Waals surface area contributed by atoms with Crippen molar-refractivity contribution in [3.05, 3.63) is 0 Å². The Balaban J connectivity index is 5.25. The number of carbonyl (C=O) groups is 4. The topological polar surface area (TPSA) is 237 Å². The average Bonchev–Trinajstić information content (AvgIpc) is 0.899. The van der Waals surface area contributed by atoms with Crippen molar-refractivity contribution >= 4 is 39.5 Å². The summed E-state index contributed by atoms with van der Waals surface area (Å²) in [5.74, 6) is -0.517. The number of ether oxygens (including phenoxy) is 4. The molecule has 19 heteroatoms. The molecule has 3 N–H and O–H groups in total. The molecule has 17 nitrogen and oxygen atoms in total. The zero-order valence-electron chi connectivity index (χ0n) is 69.7. The zero-order valence-corrected chi connectivity index (χ0v) is 71.5. The molecule has 0 aliphatic rings. The average molecular weight is 1550 g/mol. The fourth-order valence-electron chi connectivity index (χ4n) is 13.6. The summed E-state index contributed by atoms with van der Waals surface area (Å²) in [6.45, 7) is 9.71. The van der Waals surface area contributed by atoms with Gasteiger partial charge in [-0.25, -0.2) is 9.13 Å². The van der Waals surface area contributed by atoms with Gasteiger partial charge in [0.1, 0.15) is 19.3 Å². The third-order valence-corrected chi connectivity index (χ3v) is 22.4. The van der Waals surface area contributed by atoms with Crippen molar-refractivity contribution in [2.24, 2.45) is 11.8 Å². The minimum atomic E-state index is -4.97. The highest BCUT2D eigenvalue weighted by atomic mass is 31.2. The van der Waals surface area contributed by atoms with Crippen LogP contribution in [0.3, 0.4) is 0 Å². The molecule has 0 radical (unpaired) electrons. The summed E-state index contributed by atoms with van der Waals surface area (Å²) in [5.41, 5.74) is 0. The van der Waals surface area contributed by atoms with E-state index >= 15 is 0 Å². The van der Waals surface area contributed by atoms with Gasteiger partial charge < -0.3 is 33.8 Å². The number of rotatable bonds is 86. The van der Waals surface area contributed by atoms with Gasteiger partial charge in [-0.05, 0) is 37.5 Å². The maximum absolute atomic E-state index is 13.2. The van der Waals surface area contributed by atoms with E-state index in [1.807, 2.05) is 0 Å². The molecule has 2 unspecified atom stereocenters. The second kappa shape index (κ2) is 78.3. The first-order chi connectivity index (χ1) is 51.4. The van der Waals surface area contributed by atoms with Gasteiger partial charge in [-0.15, -0.1) is 0 Å². The van der Waals surface area contributed by atoms with E-state index < -0.39 is 97.5 Å². The molecule has 0 amide bonds. The van der Waals surface area contributed by atoms with Gasteiger partial charge in [0.2, 0.25) is 0 Å². The van der Waals surface area contributed by atoms with Crippen molar-refractivity contribution in [3.63, 3.8) is 0 Å². The Kier molecular flexibility index (Phi) is 76.9. The van der Waals surface area contributed by atoms with Gasteiger partial charge in [0.25, 0.3) is 0 Å². The van der Waals surface area contributed by atoms with Crippen molar-refractivity contribution in [2.75, 3.05) is 39.6 Å². The minimum absolute atomic E-state index is 0.108. The fourth-order valence-corrected chi connectivity index (χ4v) is 15.2. The Labute approximate surface area is 651 Å². The molecule has 0 rings (SSSR count). The third kappa shape index (κ3) is 80.1. The smallest absolute Gasteiger partial charge is 0.462 e. The number of aliphatic hydroxyl groups is 1. The molecule has 630 valence electrons. The summed E-state index contributed by atoms with van der Waals surface area (Å²) in [7, 11) is -9.93. The van der Waals surface area contributed by atoms with Crippen molar-refractivity contribution in [3.8, 4) is 0 Å². The standard InChI is InChI=1S/C87H170O17P2/c1-7-9-11-13-15-17-19-21-22-23-24-25-26-27-30-34-41-47-53-59-65-71-86(91)103-83(76-98-85(90)70-64-58-52-46-40-33-31-28-29-32-37-43-49-55-61-67-79(3)4)78-102-106(95,96)100-74-81(88)73-99-105(93,94)101-77-82(75-97-84(89)69-63-57-51-45-39-20-18-16-14-12-10-8-2)104-87(92)72-66-60-54-48-42-36-35-38-44-50-56-62-68-80(5)6/h79-83,88H,7-78H2,1-6H3,(H,93,94)(H,95,96)/t81-,82+,83+/m0/s1. The van der Waals surface area contributed by atoms with Crippen molar-refractivity contribution in [2.45, 2.75) is 484 Å². The molecule has 0 aromatic heterocycles. The number of carbonyl (C=O) groups excluding carboxylic acids is 4. The van der Waals surface area contributed by atoms with E-state index in [1.54, 1.807) is 0 Å². The number of phosphoric acid groups is 2. The van der Waals surface area contributed by atoms with Crippen LogP contribution < -0.4 is 0 Å². The van der Waals surface area contributed by atoms with Crippen LogP contribution in [0.5, 0.6) is 0 Å². The molecule has 0 spiro atoms. The van der Waals surface area contributed by atoms with Gasteiger partial charge in [0.15, 0.2) is 12.2 Å². The number of esters is 4. The Morgan fingerprint density at radius 3 is 0.642 bits per heavy atom. The summed E-state index contributed by atoms with van der Waals surface area (Å²) >= 11 is 0. The van der Waals surface area contributed by atoms with E-state index in [9.17, 15) is 43.2 Å². The molecule has 0 bridgehead atoms. The first kappa shape index (κ1) is 104. The van der Waals surface area contributed by atoms with Crippen LogP contribution in [-0.4, -0.2) is 96.7 Å². The highest BCUT2D eigenvalue weighted by molar-refractivity contribution is 7.47. The summed E-state index contributed by atoms with van der Waals surface area (Å²) < 4.78 is 68.9. The monoisotopic (exact) mass is 1550 g/mol. The van der Waals surface area contributed by atoms with Crippen LogP contribution in [0.15, 0.2) is 0 Å². The van der Waals surface area contributed by atoms with Gasteiger partial charge in [-0.3, -0.25) is 37.3 Å². The summed E-state index contributed by atoms with van der Waals surface area (Å²) in [6, 6.07) is 0. The lowest BCUT2D eigenvalue weighted by molar-refractivity contribution is -0.161. The lowest BCUT2D eigenvalue weighted by atomic mass is 10.0. The Morgan fingerprint density at radius 2 is 0.434 bits per heavy atom. The zero-order chi connectivity index (χ0) is 77.8. The van der Waals surface area contributed by atoms with Gasteiger partial charge >= 0.3 is 39.5 Å². The molecule has 0 aromatic rings. The van der Waals surface area contributed by atoms with Crippen LogP contribution in [0.4, 0.5) is 0 Å². The van der Waals surface area contributed by atoms with E-state index in [0.29, 0.717) is 25.7 Å². The van der Waals surface area contributed by atoms with Crippen LogP contribution in [0.2, 0.25) is 0 Å². The summed E-state index contributed by atoms with van der Waals surface area (Å²) in [5, 5.41) is 10.7. The molecular weight excluding hydrogens is 1380 g/mol. The van der Waals surface area contributed by atoms with Crippen molar-refractivity contribution in [1.82, 2.24) is 0 Å². The van der Waals surface area contributed by atoms with Gasteiger partial charge in [-0.2, -0.15) is 0 Å². The second-order valence-electron chi connectivity index (χ2n) is 32.2. The summed E-state index contributed by atoms with van der Waals surface area (Å²) in [6.07, 6.45) is 70.8. The van der Waals surface area contributed by atoms with Crippen LogP contribution in [0, 0.1) is 11.8 Å². The van der Waals surface area contributed by atoms with E-state index in [-0.39, 0.29) is 25.7 Å². The Bertz CT molecular complexity index is 2030. The second-order valence-corrected chi connectivity index (χ2v) is 35.1. The first-order valence-electron chi connectivity index (χ1n) is 45.0. The predicted molar refractivity (Wildman–Crippen MR) is 437 cm³/mol. The molecule has 0 saturated heterocycles. The molecule has 0 aromatic carbocycles. The normalized spacial score (nSPS) is 13.8. The number of unbranched alkanes of at least 4 members (excludes halogenated alkanes) is 56. The molecule has 0 fully saturated rings. The number of hydrogen-bond donors (Lipinski definition) is 3. The van der Waals surface area contributed by atoms with E-state index in [4.69, 9.17) is 37.0 Å². The van der Waals surface area contributed by atoms with Gasteiger partial charge in [0, 0.05) is 25.7 Å². The third-order valence-electron chi connectivity index (χ3n) is 20.5. The molecular formula is C87H170O17P2. The van der Waals surface area contributed by atoms with Crippen molar-refractivity contribution < 1.29 is 80.2 Å². The molecule has 0 aliphatic heterocycles. The summed E-state index contributed by atoms with van der Waals surface area (Å²) in [4.78, 5) is 73.3. The minimum Gasteiger partial charge on any atom is -0.462 e.